The number of hydrogen-bond donors (Lipinski definition) is 1. The maximum Gasteiger partial charge on any atom is 0.244 e. The number of methoxy groups -OCH3 is 1. The Labute approximate surface area is 154 Å². The quantitative estimate of drug-likeness (QED) is 0.829. The van der Waals surface area contributed by atoms with Crippen molar-refractivity contribution in [3.8, 4) is 11.5 Å². The Morgan fingerprint density at radius 2 is 1.96 bits per heavy atom. The zero-order valence-corrected chi connectivity index (χ0v) is 15.7. The molecule has 3 rings (SSSR count). The predicted molar refractivity (Wildman–Crippen MR) is 103 cm³/mol. The Kier molecular flexibility index (Phi) is 5.03. The molecule has 26 heavy (non-hydrogen) atoms. The van der Waals surface area contributed by atoms with E-state index in [-0.39, 0.29) is 17.6 Å². The number of rotatable bonds is 4. The summed E-state index contributed by atoms with van der Waals surface area (Å²) in [6.07, 6.45) is 4.09. The van der Waals surface area contributed by atoms with E-state index >= 15 is 0 Å². The second-order valence-corrected chi connectivity index (χ2v) is 7.27. The van der Waals surface area contributed by atoms with Gasteiger partial charge in [0.1, 0.15) is 17.1 Å². The fourth-order valence-corrected chi connectivity index (χ4v) is 3.16. The van der Waals surface area contributed by atoms with Crippen LogP contribution in [0.1, 0.15) is 43.0 Å². The lowest BCUT2D eigenvalue weighted by molar-refractivity contribution is -0.117. The van der Waals surface area contributed by atoms with Gasteiger partial charge in [-0.25, -0.2) is 0 Å². The molecule has 1 heterocycles. The molecule has 4 heteroatoms. The highest BCUT2D eigenvalue weighted by atomic mass is 16.5. The van der Waals surface area contributed by atoms with Gasteiger partial charge in [-0.3, -0.25) is 4.79 Å². The van der Waals surface area contributed by atoms with E-state index in [1.807, 2.05) is 69.3 Å². The molecule has 0 fully saturated rings. The minimum Gasteiger partial charge on any atom is -0.497 e. The summed E-state index contributed by atoms with van der Waals surface area (Å²) in [6, 6.07) is 13.6. The summed E-state index contributed by atoms with van der Waals surface area (Å²) in [5.74, 6) is 1.42. The van der Waals surface area contributed by atoms with Gasteiger partial charge >= 0.3 is 0 Å². The number of hydrogen-bond acceptors (Lipinski definition) is 3. The van der Waals surface area contributed by atoms with Crippen LogP contribution >= 0.6 is 0 Å². The van der Waals surface area contributed by atoms with Gasteiger partial charge < -0.3 is 14.8 Å². The number of carbonyl (C=O) groups is 1. The van der Waals surface area contributed by atoms with Crippen LogP contribution in [0.25, 0.3) is 6.08 Å². The molecule has 0 radical (unpaired) electrons. The molecule has 136 valence electrons. The van der Waals surface area contributed by atoms with Gasteiger partial charge in [-0.05, 0) is 50.6 Å². The number of aryl methyl sites for hydroxylation is 1. The molecule has 2 aromatic carbocycles. The molecule has 1 atom stereocenters. The van der Waals surface area contributed by atoms with Crippen LogP contribution in [0.15, 0.2) is 48.5 Å². The van der Waals surface area contributed by atoms with Crippen molar-refractivity contribution in [2.24, 2.45) is 0 Å². The molecule has 1 aliphatic heterocycles. The third kappa shape index (κ3) is 4.26. The Morgan fingerprint density at radius 3 is 2.65 bits per heavy atom. The monoisotopic (exact) mass is 351 g/mol. The lowest BCUT2D eigenvalue weighted by Crippen LogP contribution is -2.40. The first-order valence-electron chi connectivity index (χ1n) is 8.78. The van der Waals surface area contributed by atoms with Gasteiger partial charge in [0, 0.05) is 18.1 Å². The maximum atomic E-state index is 12.5. The van der Waals surface area contributed by atoms with Crippen molar-refractivity contribution in [1.29, 1.82) is 0 Å². The van der Waals surface area contributed by atoms with Gasteiger partial charge in [0.25, 0.3) is 0 Å². The lowest BCUT2D eigenvalue weighted by Gasteiger charge is -2.37. The average molecular weight is 351 g/mol. The maximum absolute atomic E-state index is 12.5. The molecule has 0 spiro atoms. The van der Waals surface area contributed by atoms with Gasteiger partial charge in [-0.15, -0.1) is 0 Å². The van der Waals surface area contributed by atoms with E-state index in [1.165, 1.54) is 5.56 Å². The first kappa shape index (κ1) is 18.1. The second-order valence-electron chi connectivity index (χ2n) is 7.27. The van der Waals surface area contributed by atoms with Gasteiger partial charge in [0.05, 0.1) is 13.2 Å². The Balaban J connectivity index is 1.78. The Morgan fingerprint density at radius 1 is 1.23 bits per heavy atom. The van der Waals surface area contributed by atoms with Crippen LogP contribution in [0.2, 0.25) is 0 Å². The predicted octanol–water partition coefficient (Wildman–Crippen LogP) is 4.44. The highest BCUT2D eigenvalue weighted by Crippen LogP contribution is 2.41. The summed E-state index contributed by atoms with van der Waals surface area (Å²) in [6.45, 7) is 6.10. The highest BCUT2D eigenvalue weighted by Gasteiger charge is 2.34. The summed E-state index contributed by atoms with van der Waals surface area (Å²) in [4.78, 5) is 12.5. The SMILES string of the molecule is COc1ccc2c(c1)C(NC(=O)/C=C/c1ccc(C)cc1)CC(C)(C)O2. The molecule has 1 amide bonds. The molecule has 1 aliphatic rings. The van der Waals surface area contributed by atoms with E-state index in [2.05, 4.69) is 5.32 Å². The molecule has 0 saturated heterocycles. The topological polar surface area (TPSA) is 47.6 Å². The van der Waals surface area contributed by atoms with E-state index in [9.17, 15) is 4.79 Å². The third-order valence-corrected chi connectivity index (χ3v) is 4.50. The van der Waals surface area contributed by atoms with Crippen molar-refractivity contribution >= 4 is 12.0 Å². The average Bonchev–Trinajstić information content (AvgIpc) is 2.60. The van der Waals surface area contributed by atoms with Crippen molar-refractivity contribution in [3.05, 3.63) is 65.2 Å². The zero-order chi connectivity index (χ0) is 18.7. The van der Waals surface area contributed by atoms with Gasteiger partial charge in [0.2, 0.25) is 5.91 Å². The molecule has 4 nitrogen and oxygen atoms in total. The van der Waals surface area contributed by atoms with Gasteiger partial charge in [-0.1, -0.05) is 29.8 Å². The Bertz CT molecular complexity index is 822. The van der Waals surface area contributed by atoms with Crippen LogP contribution in [0, 0.1) is 6.92 Å². The van der Waals surface area contributed by atoms with Crippen LogP contribution in [0.5, 0.6) is 11.5 Å². The van der Waals surface area contributed by atoms with Crippen LogP contribution in [-0.4, -0.2) is 18.6 Å². The van der Waals surface area contributed by atoms with Crippen molar-refractivity contribution in [1.82, 2.24) is 5.32 Å². The number of nitrogens with one attached hydrogen (secondary N) is 1. The number of amides is 1. The van der Waals surface area contributed by atoms with Crippen LogP contribution in [0.3, 0.4) is 0 Å². The van der Waals surface area contributed by atoms with Crippen molar-refractivity contribution in [2.75, 3.05) is 7.11 Å². The summed E-state index contributed by atoms with van der Waals surface area (Å²) in [5.41, 5.74) is 2.79. The Hall–Kier alpha value is -2.75. The largest absolute Gasteiger partial charge is 0.497 e. The number of fused-ring (bicyclic) bond motifs is 1. The molecular formula is C22H25NO3. The number of benzene rings is 2. The molecule has 0 saturated carbocycles. The van der Waals surface area contributed by atoms with Crippen molar-refractivity contribution < 1.29 is 14.3 Å². The molecule has 0 aromatic heterocycles. The number of carbonyl (C=O) groups excluding carboxylic acids is 1. The molecule has 1 N–H and O–H groups in total. The van der Waals surface area contributed by atoms with E-state index in [0.29, 0.717) is 6.42 Å². The molecular weight excluding hydrogens is 326 g/mol. The normalized spacial score (nSPS) is 18.1. The third-order valence-electron chi connectivity index (χ3n) is 4.50. The molecule has 0 bridgehead atoms. The van der Waals surface area contributed by atoms with E-state index in [1.54, 1.807) is 13.2 Å². The highest BCUT2D eigenvalue weighted by molar-refractivity contribution is 5.92. The fraction of sp³-hybridized carbons (Fsp3) is 0.318. The number of ether oxygens (including phenoxy) is 2. The zero-order valence-electron chi connectivity index (χ0n) is 15.7. The molecule has 2 aromatic rings. The van der Waals surface area contributed by atoms with Gasteiger partial charge in [0.15, 0.2) is 0 Å². The smallest absolute Gasteiger partial charge is 0.244 e. The van der Waals surface area contributed by atoms with Crippen LogP contribution < -0.4 is 14.8 Å². The second kappa shape index (κ2) is 7.24. The minimum atomic E-state index is -0.347. The molecule has 1 unspecified atom stereocenters. The summed E-state index contributed by atoms with van der Waals surface area (Å²) >= 11 is 0. The summed E-state index contributed by atoms with van der Waals surface area (Å²) in [5, 5.41) is 3.10. The van der Waals surface area contributed by atoms with Crippen molar-refractivity contribution in [2.45, 2.75) is 38.8 Å². The van der Waals surface area contributed by atoms with E-state index in [4.69, 9.17) is 9.47 Å². The van der Waals surface area contributed by atoms with Crippen LogP contribution in [0.4, 0.5) is 0 Å². The van der Waals surface area contributed by atoms with Crippen molar-refractivity contribution in [3.63, 3.8) is 0 Å². The van der Waals surface area contributed by atoms with Gasteiger partial charge in [-0.2, -0.15) is 0 Å². The lowest BCUT2D eigenvalue weighted by atomic mass is 9.89. The molecule has 0 aliphatic carbocycles. The first-order chi connectivity index (χ1) is 12.4. The summed E-state index contributed by atoms with van der Waals surface area (Å²) in [7, 11) is 1.63. The van der Waals surface area contributed by atoms with E-state index < -0.39 is 0 Å². The summed E-state index contributed by atoms with van der Waals surface area (Å²) < 4.78 is 11.4. The van der Waals surface area contributed by atoms with E-state index in [0.717, 1.165) is 22.6 Å². The standard InChI is InChI=1S/C22H25NO3/c1-15-5-7-16(8-6-15)9-12-21(24)23-19-14-22(2,3)26-20-11-10-17(25-4)13-18(19)20/h5-13,19H,14H2,1-4H3,(H,23,24)/b12-9+. The first-order valence-corrected chi connectivity index (χ1v) is 8.78. The fourth-order valence-electron chi connectivity index (χ4n) is 3.16. The van der Waals surface area contributed by atoms with Crippen LogP contribution in [-0.2, 0) is 4.79 Å². The minimum absolute atomic E-state index is 0.123.